The van der Waals surface area contributed by atoms with Crippen LogP contribution in [0.1, 0.15) is 44.9 Å². The zero-order valence-electron chi connectivity index (χ0n) is 13.2. The van der Waals surface area contributed by atoms with Gasteiger partial charge in [0.1, 0.15) is 6.10 Å². The average molecular weight is 359 g/mol. The fourth-order valence-corrected chi connectivity index (χ4v) is 3.37. The highest BCUT2D eigenvalue weighted by atomic mass is 35.5. The zero-order chi connectivity index (χ0) is 14.4. The molecule has 3 unspecified atom stereocenters. The number of hydrogen-bond acceptors (Lipinski definition) is 5. The molecule has 0 spiro atoms. The number of rotatable bonds is 6. The van der Waals surface area contributed by atoms with Crippen LogP contribution in [0.4, 0.5) is 0 Å². The number of halogens is 2. The molecule has 1 aliphatic heterocycles. The maximum absolute atomic E-state index is 10.2. The lowest BCUT2D eigenvalue weighted by atomic mass is 9.85. The molecule has 134 valence electrons. The van der Waals surface area contributed by atoms with E-state index in [0.29, 0.717) is 19.6 Å². The first-order chi connectivity index (χ1) is 9.68. The van der Waals surface area contributed by atoms with Crippen molar-refractivity contribution in [2.75, 3.05) is 26.3 Å². The van der Waals surface area contributed by atoms with Crippen LogP contribution in [0.25, 0.3) is 0 Å². The monoisotopic (exact) mass is 358 g/mol. The highest BCUT2D eigenvalue weighted by Crippen LogP contribution is 2.28. The molecule has 3 atom stereocenters. The largest absolute Gasteiger partial charge is 0.390 e. The summed E-state index contributed by atoms with van der Waals surface area (Å²) in [6.45, 7) is 2.76. The maximum Gasteiger partial charge on any atom is 0.108 e. The minimum atomic E-state index is -0.864. The number of aliphatic hydroxyl groups is 2. The fourth-order valence-electron chi connectivity index (χ4n) is 3.37. The summed E-state index contributed by atoms with van der Waals surface area (Å²) in [7, 11) is 0. The van der Waals surface area contributed by atoms with Crippen LogP contribution in [0.3, 0.4) is 0 Å². The predicted octanol–water partition coefficient (Wildman–Crippen LogP) is 1.53. The molecule has 1 saturated heterocycles. The highest BCUT2D eigenvalue weighted by Gasteiger charge is 2.29. The molecule has 0 bridgehead atoms. The van der Waals surface area contributed by atoms with Gasteiger partial charge in [-0.1, -0.05) is 32.1 Å². The Morgan fingerprint density at radius 3 is 2.23 bits per heavy atom. The Balaban J connectivity index is 0.00000220. The van der Waals surface area contributed by atoms with Gasteiger partial charge in [0.2, 0.25) is 0 Å². The topological polar surface area (TPSA) is 79.0 Å². The van der Waals surface area contributed by atoms with Crippen molar-refractivity contribution in [1.29, 1.82) is 0 Å². The molecular weight excluding hydrogens is 327 g/mol. The van der Waals surface area contributed by atoms with Crippen molar-refractivity contribution < 1.29 is 14.9 Å². The van der Waals surface area contributed by atoms with Gasteiger partial charge in [-0.2, -0.15) is 0 Å². The lowest BCUT2D eigenvalue weighted by Gasteiger charge is -2.36. The van der Waals surface area contributed by atoms with Crippen LogP contribution in [-0.4, -0.2) is 59.8 Å². The van der Waals surface area contributed by atoms with E-state index in [2.05, 4.69) is 0 Å². The Bertz CT molecular complexity index is 276. The van der Waals surface area contributed by atoms with Gasteiger partial charge >= 0.3 is 0 Å². The molecule has 4 N–H and O–H groups in total. The van der Waals surface area contributed by atoms with Crippen molar-refractivity contribution in [3.8, 4) is 0 Å². The SMILES string of the molecule is Cl.Cl.NC(C(O)C(O)CCC1CCCCC1)N1CCOCC1. The van der Waals surface area contributed by atoms with Crippen LogP contribution in [0, 0.1) is 5.92 Å². The summed E-state index contributed by atoms with van der Waals surface area (Å²) in [4.78, 5) is 2.00. The van der Waals surface area contributed by atoms with Crippen molar-refractivity contribution in [3.63, 3.8) is 0 Å². The molecule has 0 amide bonds. The molecule has 2 rings (SSSR count). The van der Waals surface area contributed by atoms with Crippen LogP contribution in [-0.2, 0) is 4.74 Å². The third-order valence-corrected chi connectivity index (χ3v) is 4.81. The first-order valence-electron chi connectivity index (χ1n) is 8.12. The summed E-state index contributed by atoms with van der Waals surface area (Å²) in [5.41, 5.74) is 6.06. The number of nitrogens with two attached hydrogens (primary N) is 1. The predicted molar refractivity (Wildman–Crippen MR) is 92.7 cm³/mol. The Hall–Kier alpha value is 0.380. The minimum absolute atomic E-state index is 0. The van der Waals surface area contributed by atoms with Crippen molar-refractivity contribution in [3.05, 3.63) is 0 Å². The minimum Gasteiger partial charge on any atom is -0.390 e. The summed E-state index contributed by atoms with van der Waals surface area (Å²) < 4.78 is 5.28. The van der Waals surface area contributed by atoms with E-state index < -0.39 is 18.4 Å². The van der Waals surface area contributed by atoms with Gasteiger partial charge in [-0.3, -0.25) is 4.90 Å². The molecule has 7 heteroatoms. The van der Waals surface area contributed by atoms with Crippen molar-refractivity contribution in [2.24, 2.45) is 11.7 Å². The summed E-state index contributed by atoms with van der Waals surface area (Å²) in [6.07, 6.45) is 6.14. The van der Waals surface area contributed by atoms with Gasteiger partial charge in [-0.15, -0.1) is 24.8 Å². The van der Waals surface area contributed by atoms with Gasteiger partial charge in [0.25, 0.3) is 0 Å². The molecule has 2 aliphatic rings. The number of nitrogens with zero attached hydrogens (tertiary/aromatic N) is 1. The van der Waals surface area contributed by atoms with Gasteiger partial charge in [-0.25, -0.2) is 0 Å². The Morgan fingerprint density at radius 1 is 1.05 bits per heavy atom. The summed E-state index contributed by atoms with van der Waals surface area (Å²) >= 11 is 0. The third kappa shape index (κ3) is 6.87. The maximum atomic E-state index is 10.2. The molecule has 2 fully saturated rings. The normalized spacial score (nSPS) is 24.7. The first kappa shape index (κ1) is 22.4. The molecule has 0 aromatic carbocycles. The summed E-state index contributed by atoms with van der Waals surface area (Å²) in [6, 6.07) is 0. The van der Waals surface area contributed by atoms with Crippen LogP contribution in [0.15, 0.2) is 0 Å². The number of ether oxygens (including phenoxy) is 1. The first-order valence-corrected chi connectivity index (χ1v) is 8.12. The second kappa shape index (κ2) is 11.8. The standard InChI is InChI=1S/C15H30N2O3.2ClH/c16-15(17-8-10-20-11-9-17)14(19)13(18)7-6-12-4-2-1-3-5-12;;/h12-15,18-19H,1-11,16H2;2*1H. The van der Waals surface area contributed by atoms with E-state index in [9.17, 15) is 10.2 Å². The Kier molecular flexibility index (Phi) is 12.0. The highest BCUT2D eigenvalue weighted by molar-refractivity contribution is 5.85. The van der Waals surface area contributed by atoms with Gasteiger partial charge in [0, 0.05) is 13.1 Å². The molecule has 0 aromatic rings. The number of morpholine rings is 1. The molecule has 1 saturated carbocycles. The van der Waals surface area contributed by atoms with E-state index in [4.69, 9.17) is 10.5 Å². The van der Waals surface area contributed by atoms with Crippen molar-refractivity contribution in [2.45, 2.75) is 63.3 Å². The quantitative estimate of drug-likeness (QED) is 0.670. The van der Waals surface area contributed by atoms with Gasteiger partial charge in [-0.05, 0) is 18.8 Å². The average Bonchev–Trinajstić information content (AvgIpc) is 2.53. The fraction of sp³-hybridized carbons (Fsp3) is 1.00. The van der Waals surface area contributed by atoms with Crippen molar-refractivity contribution in [1.82, 2.24) is 4.90 Å². The van der Waals surface area contributed by atoms with Crippen LogP contribution in [0.5, 0.6) is 0 Å². The molecule has 22 heavy (non-hydrogen) atoms. The zero-order valence-corrected chi connectivity index (χ0v) is 14.9. The van der Waals surface area contributed by atoms with Gasteiger partial charge in [0.15, 0.2) is 0 Å². The van der Waals surface area contributed by atoms with E-state index in [0.717, 1.165) is 25.4 Å². The molecule has 0 aromatic heterocycles. The number of hydrogen-bond donors (Lipinski definition) is 3. The van der Waals surface area contributed by atoms with E-state index in [1.165, 1.54) is 32.1 Å². The van der Waals surface area contributed by atoms with Crippen molar-refractivity contribution >= 4 is 24.8 Å². The third-order valence-electron chi connectivity index (χ3n) is 4.81. The lowest BCUT2D eigenvalue weighted by Crippen LogP contribution is -2.57. The second-order valence-electron chi connectivity index (χ2n) is 6.28. The Labute approximate surface area is 146 Å². The summed E-state index contributed by atoms with van der Waals surface area (Å²) in [5.74, 6) is 0.727. The number of aliphatic hydroxyl groups excluding tert-OH is 2. The Morgan fingerprint density at radius 2 is 1.64 bits per heavy atom. The molecule has 0 radical (unpaired) electrons. The van der Waals surface area contributed by atoms with Gasteiger partial charge < -0.3 is 20.7 Å². The van der Waals surface area contributed by atoms with Gasteiger partial charge in [0.05, 0.1) is 25.5 Å². The van der Waals surface area contributed by atoms with E-state index in [1.807, 2.05) is 4.90 Å². The van der Waals surface area contributed by atoms with E-state index in [-0.39, 0.29) is 24.8 Å². The second-order valence-corrected chi connectivity index (χ2v) is 6.28. The summed E-state index contributed by atoms with van der Waals surface area (Å²) in [5, 5.41) is 20.4. The van der Waals surface area contributed by atoms with Crippen LogP contribution < -0.4 is 5.73 Å². The van der Waals surface area contributed by atoms with Crippen LogP contribution in [0.2, 0.25) is 0 Å². The van der Waals surface area contributed by atoms with E-state index in [1.54, 1.807) is 0 Å². The van der Waals surface area contributed by atoms with E-state index >= 15 is 0 Å². The lowest BCUT2D eigenvalue weighted by molar-refractivity contribution is -0.0666. The molecule has 1 aliphatic carbocycles. The van der Waals surface area contributed by atoms with Crippen LogP contribution >= 0.6 is 24.8 Å². The molecular formula is C15H32Cl2N2O3. The smallest absolute Gasteiger partial charge is 0.108 e. The molecule has 1 heterocycles. The molecule has 5 nitrogen and oxygen atoms in total.